The van der Waals surface area contributed by atoms with E-state index in [0.717, 1.165) is 0 Å². The molecule has 3 unspecified atom stereocenters. The highest BCUT2D eigenvalue weighted by atomic mass is 19.1. The van der Waals surface area contributed by atoms with Gasteiger partial charge < -0.3 is 25.6 Å². The van der Waals surface area contributed by atoms with Crippen molar-refractivity contribution in [2.45, 2.75) is 24.7 Å². The molecule has 1 saturated heterocycles. The molecule has 0 radical (unpaired) electrons. The summed E-state index contributed by atoms with van der Waals surface area (Å²) in [6, 6.07) is 5.03. The van der Waals surface area contributed by atoms with Crippen molar-refractivity contribution in [3.63, 3.8) is 0 Å². The van der Waals surface area contributed by atoms with E-state index < -0.39 is 18.2 Å². The van der Waals surface area contributed by atoms with E-state index in [9.17, 15) is 19.4 Å². The van der Waals surface area contributed by atoms with E-state index >= 15 is 0 Å². The van der Waals surface area contributed by atoms with Crippen molar-refractivity contribution in [3.05, 3.63) is 30.1 Å². The summed E-state index contributed by atoms with van der Waals surface area (Å²) in [7, 11) is 0. The van der Waals surface area contributed by atoms with Gasteiger partial charge in [-0.05, 0) is 30.7 Å². The Hall–Kier alpha value is -1.70. The number of nitrogens with one attached hydrogen (secondary N) is 2. The minimum atomic E-state index is -0.870. The summed E-state index contributed by atoms with van der Waals surface area (Å²) in [5, 5.41) is 24.5. The molecule has 1 aromatic carbocycles. The summed E-state index contributed by atoms with van der Waals surface area (Å²) in [5.41, 5.74) is 0. The van der Waals surface area contributed by atoms with Gasteiger partial charge in [0.25, 0.3) is 0 Å². The minimum Gasteiger partial charge on any atom is -0.491 e. The van der Waals surface area contributed by atoms with Crippen LogP contribution in [0.3, 0.4) is 0 Å². The van der Waals surface area contributed by atoms with E-state index in [0.29, 0.717) is 18.7 Å². The van der Waals surface area contributed by atoms with Gasteiger partial charge >= 0.3 is 0 Å². The van der Waals surface area contributed by atoms with Gasteiger partial charge in [-0.25, -0.2) is 4.39 Å². The van der Waals surface area contributed by atoms with Gasteiger partial charge in [-0.2, -0.15) is 0 Å². The van der Waals surface area contributed by atoms with Crippen molar-refractivity contribution in [2.75, 3.05) is 19.7 Å². The second-order valence-electron chi connectivity index (χ2n) is 5.01. The highest BCUT2D eigenvalue weighted by Gasteiger charge is 2.27. The number of hydrogen-bond donors (Lipinski definition) is 4. The largest absolute Gasteiger partial charge is 0.491 e. The first-order valence-electron chi connectivity index (χ1n) is 6.80. The zero-order valence-corrected chi connectivity index (χ0v) is 11.5. The molecule has 7 heteroatoms. The molecule has 6 nitrogen and oxygen atoms in total. The third kappa shape index (κ3) is 4.96. The third-order valence-electron chi connectivity index (χ3n) is 3.19. The molecule has 4 N–H and O–H groups in total. The fourth-order valence-corrected chi connectivity index (χ4v) is 2.04. The van der Waals surface area contributed by atoms with Crippen LogP contribution in [0, 0.1) is 5.82 Å². The predicted octanol–water partition coefficient (Wildman–Crippen LogP) is -0.596. The fraction of sp³-hybridized carbons (Fsp3) is 0.500. The molecule has 1 heterocycles. The Morgan fingerprint density at radius 3 is 2.81 bits per heavy atom. The van der Waals surface area contributed by atoms with Crippen LogP contribution in [0.25, 0.3) is 0 Å². The summed E-state index contributed by atoms with van der Waals surface area (Å²) >= 11 is 0. The van der Waals surface area contributed by atoms with Gasteiger partial charge in [0.05, 0.1) is 12.1 Å². The number of ether oxygens (including phenoxy) is 1. The number of hydrogen-bond acceptors (Lipinski definition) is 5. The second-order valence-corrected chi connectivity index (χ2v) is 5.01. The molecule has 0 aliphatic carbocycles. The molecule has 116 valence electrons. The number of amides is 1. The van der Waals surface area contributed by atoms with Gasteiger partial charge in [0.15, 0.2) is 0 Å². The maximum absolute atomic E-state index is 12.7. The summed E-state index contributed by atoms with van der Waals surface area (Å²) in [6.45, 7) is 0.440. The summed E-state index contributed by atoms with van der Waals surface area (Å²) in [5.74, 6) is -0.170. The van der Waals surface area contributed by atoms with E-state index in [1.165, 1.54) is 24.3 Å². The van der Waals surface area contributed by atoms with Crippen molar-refractivity contribution >= 4 is 5.91 Å². The lowest BCUT2D eigenvalue weighted by molar-refractivity contribution is -0.123. The average Bonchev–Trinajstić information content (AvgIpc) is 2.91. The van der Waals surface area contributed by atoms with Crippen LogP contribution in [0.2, 0.25) is 0 Å². The normalized spacial score (nSPS) is 22.8. The molecule has 1 amide bonds. The van der Waals surface area contributed by atoms with Crippen LogP contribution in [-0.4, -0.2) is 54.1 Å². The third-order valence-corrected chi connectivity index (χ3v) is 3.19. The molecule has 0 spiro atoms. The van der Waals surface area contributed by atoms with Crippen LogP contribution in [0.4, 0.5) is 4.39 Å². The van der Waals surface area contributed by atoms with Gasteiger partial charge in [-0.3, -0.25) is 4.79 Å². The molecule has 1 aliphatic rings. The first-order chi connectivity index (χ1) is 10.0. The molecule has 0 aromatic heterocycles. The van der Waals surface area contributed by atoms with Crippen molar-refractivity contribution < 1.29 is 24.1 Å². The van der Waals surface area contributed by atoms with E-state index in [1.54, 1.807) is 0 Å². The Bertz CT molecular complexity index is 469. The molecule has 1 fully saturated rings. The maximum Gasteiger partial charge on any atom is 0.237 e. The first kappa shape index (κ1) is 15.7. The highest BCUT2D eigenvalue weighted by molar-refractivity contribution is 5.82. The molecule has 1 aliphatic heterocycles. The molecule has 1 aromatic rings. The van der Waals surface area contributed by atoms with Crippen LogP contribution in [0.15, 0.2) is 24.3 Å². The minimum absolute atomic E-state index is 0.00731. The highest BCUT2D eigenvalue weighted by Crippen LogP contribution is 2.11. The molecule has 21 heavy (non-hydrogen) atoms. The summed E-state index contributed by atoms with van der Waals surface area (Å²) < 4.78 is 18.0. The molecule has 3 atom stereocenters. The molecule has 0 bridgehead atoms. The van der Waals surface area contributed by atoms with Gasteiger partial charge in [0.2, 0.25) is 5.91 Å². The van der Waals surface area contributed by atoms with Gasteiger partial charge in [-0.1, -0.05) is 0 Å². The molecule has 0 saturated carbocycles. The Morgan fingerprint density at radius 1 is 1.48 bits per heavy atom. The van der Waals surface area contributed by atoms with Crippen LogP contribution >= 0.6 is 0 Å². The van der Waals surface area contributed by atoms with Crippen LogP contribution in [0.1, 0.15) is 6.42 Å². The van der Waals surface area contributed by atoms with Crippen LogP contribution in [0.5, 0.6) is 5.75 Å². The predicted molar refractivity (Wildman–Crippen MR) is 73.3 cm³/mol. The van der Waals surface area contributed by atoms with Gasteiger partial charge in [-0.15, -0.1) is 0 Å². The quantitative estimate of drug-likeness (QED) is 0.563. The fourth-order valence-electron chi connectivity index (χ4n) is 2.04. The van der Waals surface area contributed by atoms with Crippen LogP contribution in [-0.2, 0) is 4.79 Å². The standard InChI is InChI=1S/C14H19FN2O4/c15-9-1-3-12(4-2-9)21-8-11(19)7-17-14(20)13-5-10(18)6-16-13/h1-4,10-11,13,16,18-19H,5-8H2,(H,17,20). The lowest BCUT2D eigenvalue weighted by Crippen LogP contribution is -2.44. The molecular weight excluding hydrogens is 279 g/mol. The Balaban J connectivity index is 1.66. The number of aliphatic hydroxyl groups is 2. The lowest BCUT2D eigenvalue weighted by atomic mass is 10.2. The molecule has 2 rings (SSSR count). The van der Waals surface area contributed by atoms with E-state index in [4.69, 9.17) is 4.74 Å². The number of β-amino-alcohol motifs (C(OH)–C–C–N with tert-alkyl or cyclic N) is 1. The second kappa shape index (κ2) is 7.35. The monoisotopic (exact) mass is 298 g/mol. The molecular formula is C14H19FN2O4. The Labute approximate surface area is 121 Å². The zero-order chi connectivity index (χ0) is 15.2. The topological polar surface area (TPSA) is 90.8 Å². The zero-order valence-electron chi connectivity index (χ0n) is 11.5. The summed E-state index contributed by atoms with van der Waals surface area (Å²) in [6.07, 6.45) is -1.01. The number of rotatable bonds is 6. The first-order valence-corrected chi connectivity index (χ1v) is 6.80. The van der Waals surface area contributed by atoms with Crippen molar-refractivity contribution in [1.82, 2.24) is 10.6 Å². The van der Waals surface area contributed by atoms with Crippen molar-refractivity contribution in [1.29, 1.82) is 0 Å². The SMILES string of the molecule is O=C(NCC(O)COc1ccc(F)cc1)C1CC(O)CN1. The lowest BCUT2D eigenvalue weighted by Gasteiger charge is -2.15. The van der Waals surface area contributed by atoms with Crippen LogP contribution < -0.4 is 15.4 Å². The van der Waals surface area contributed by atoms with Gasteiger partial charge in [0.1, 0.15) is 24.3 Å². The number of carbonyl (C=O) groups excluding carboxylic acids is 1. The summed E-state index contributed by atoms with van der Waals surface area (Å²) in [4.78, 5) is 11.7. The van der Waals surface area contributed by atoms with Gasteiger partial charge in [0, 0.05) is 13.1 Å². The van der Waals surface area contributed by atoms with Crippen molar-refractivity contribution in [2.24, 2.45) is 0 Å². The smallest absolute Gasteiger partial charge is 0.237 e. The number of benzene rings is 1. The number of halogens is 1. The van der Waals surface area contributed by atoms with E-state index in [1.807, 2.05) is 0 Å². The number of aliphatic hydroxyl groups excluding tert-OH is 2. The van der Waals surface area contributed by atoms with E-state index in [-0.39, 0.29) is 24.9 Å². The number of carbonyl (C=O) groups is 1. The maximum atomic E-state index is 12.7. The Kier molecular flexibility index (Phi) is 5.49. The van der Waals surface area contributed by atoms with Crippen molar-refractivity contribution in [3.8, 4) is 5.75 Å². The Morgan fingerprint density at radius 2 is 2.19 bits per heavy atom. The van der Waals surface area contributed by atoms with E-state index in [2.05, 4.69) is 10.6 Å². The average molecular weight is 298 g/mol.